The molecule has 1 heterocycles. The van der Waals surface area contributed by atoms with Crippen LogP contribution in [0, 0.1) is 0 Å². The number of aromatic nitrogens is 2. The lowest BCUT2D eigenvalue weighted by molar-refractivity contribution is -0.143. The van der Waals surface area contributed by atoms with Crippen molar-refractivity contribution < 1.29 is 9.53 Å². The largest absolute Gasteiger partial charge is 0.466 e. The van der Waals surface area contributed by atoms with Crippen LogP contribution in [0.2, 0.25) is 0 Å². The average Bonchev–Trinajstić information content (AvgIpc) is 2.47. The van der Waals surface area contributed by atoms with Crippen LogP contribution in [0.5, 0.6) is 0 Å². The highest BCUT2D eigenvalue weighted by atomic mass is 16.5. The van der Waals surface area contributed by atoms with Gasteiger partial charge in [0.15, 0.2) is 0 Å². The number of hydrogen-bond acceptors (Lipinski definition) is 5. The summed E-state index contributed by atoms with van der Waals surface area (Å²) in [5, 5.41) is 0. The van der Waals surface area contributed by atoms with Crippen LogP contribution in [0.3, 0.4) is 0 Å². The number of ether oxygens (including phenoxy) is 1. The highest BCUT2D eigenvalue weighted by Gasteiger charge is 2.09. The van der Waals surface area contributed by atoms with Gasteiger partial charge < -0.3 is 10.5 Å². The van der Waals surface area contributed by atoms with Crippen LogP contribution in [0.15, 0.2) is 36.5 Å². The molecule has 0 radical (unpaired) electrons. The summed E-state index contributed by atoms with van der Waals surface area (Å²) in [6, 6.07) is 9.66. The Morgan fingerprint density at radius 1 is 1.30 bits per heavy atom. The molecule has 0 aliphatic heterocycles. The van der Waals surface area contributed by atoms with E-state index in [1.54, 1.807) is 13.1 Å². The van der Waals surface area contributed by atoms with E-state index in [4.69, 9.17) is 10.5 Å². The number of nitrogen functional groups attached to an aromatic ring is 1. The Morgan fingerprint density at radius 3 is 2.75 bits per heavy atom. The average molecular weight is 271 g/mol. The molecule has 0 saturated carbocycles. The highest BCUT2D eigenvalue weighted by Crippen LogP contribution is 2.22. The molecule has 0 amide bonds. The molecule has 0 aliphatic carbocycles. The maximum atomic E-state index is 11.3. The Hall–Kier alpha value is -2.43. The van der Waals surface area contributed by atoms with Gasteiger partial charge in [0, 0.05) is 12.0 Å². The Bertz CT molecular complexity index is 585. The predicted molar refractivity (Wildman–Crippen MR) is 76.8 cm³/mol. The standard InChI is InChI=1S/C15H17N3O2/c1-2-20-14(19)9-8-13-17-10-12(16)15(18-13)11-6-4-3-5-7-11/h3-7,10H,2,8-9,16H2,1H3. The molecule has 0 saturated heterocycles. The summed E-state index contributed by atoms with van der Waals surface area (Å²) < 4.78 is 4.88. The third-order valence-electron chi connectivity index (χ3n) is 2.77. The van der Waals surface area contributed by atoms with Gasteiger partial charge in [-0.15, -0.1) is 0 Å². The van der Waals surface area contributed by atoms with E-state index in [9.17, 15) is 4.79 Å². The minimum absolute atomic E-state index is 0.241. The molecule has 5 heteroatoms. The first-order chi connectivity index (χ1) is 9.70. The van der Waals surface area contributed by atoms with Gasteiger partial charge in [-0.05, 0) is 6.92 Å². The molecule has 0 atom stereocenters. The second-order valence-electron chi connectivity index (χ2n) is 4.26. The number of esters is 1. The molecule has 2 N–H and O–H groups in total. The van der Waals surface area contributed by atoms with Crippen molar-refractivity contribution in [1.29, 1.82) is 0 Å². The van der Waals surface area contributed by atoms with E-state index >= 15 is 0 Å². The fraction of sp³-hybridized carbons (Fsp3) is 0.267. The molecule has 0 spiro atoms. The Kier molecular flexibility index (Phi) is 4.65. The lowest BCUT2D eigenvalue weighted by atomic mass is 10.1. The van der Waals surface area contributed by atoms with Gasteiger partial charge in [0.1, 0.15) is 5.82 Å². The van der Waals surface area contributed by atoms with Crippen molar-refractivity contribution in [2.45, 2.75) is 19.8 Å². The van der Waals surface area contributed by atoms with Crippen LogP contribution in [0.4, 0.5) is 5.69 Å². The Labute approximate surface area is 117 Å². The number of aryl methyl sites for hydroxylation is 1. The SMILES string of the molecule is CCOC(=O)CCc1ncc(N)c(-c2ccccc2)n1. The van der Waals surface area contributed by atoms with E-state index in [-0.39, 0.29) is 12.4 Å². The zero-order valence-corrected chi connectivity index (χ0v) is 11.4. The lowest BCUT2D eigenvalue weighted by Crippen LogP contribution is -2.08. The summed E-state index contributed by atoms with van der Waals surface area (Å²) >= 11 is 0. The van der Waals surface area contributed by atoms with E-state index in [2.05, 4.69) is 9.97 Å². The van der Waals surface area contributed by atoms with Crippen molar-refractivity contribution in [2.24, 2.45) is 0 Å². The summed E-state index contributed by atoms with van der Waals surface area (Å²) in [6.45, 7) is 2.17. The molecular weight excluding hydrogens is 254 g/mol. The maximum Gasteiger partial charge on any atom is 0.306 e. The molecule has 0 aliphatic rings. The first kappa shape index (κ1) is 14.0. The number of carbonyl (C=O) groups excluding carboxylic acids is 1. The van der Waals surface area contributed by atoms with E-state index in [0.717, 1.165) is 5.56 Å². The van der Waals surface area contributed by atoms with Gasteiger partial charge in [0.05, 0.1) is 30.6 Å². The predicted octanol–water partition coefficient (Wildman–Crippen LogP) is 2.22. The monoisotopic (exact) mass is 271 g/mol. The fourth-order valence-corrected chi connectivity index (χ4v) is 1.82. The number of hydrogen-bond donors (Lipinski definition) is 1. The van der Waals surface area contributed by atoms with Crippen molar-refractivity contribution in [3.05, 3.63) is 42.4 Å². The lowest BCUT2D eigenvalue weighted by Gasteiger charge is -2.07. The van der Waals surface area contributed by atoms with Crippen LogP contribution in [0.1, 0.15) is 19.2 Å². The maximum absolute atomic E-state index is 11.3. The van der Waals surface area contributed by atoms with Crippen LogP contribution >= 0.6 is 0 Å². The molecule has 0 fully saturated rings. The van der Waals surface area contributed by atoms with Gasteiger partial charge >= 0.3 is 5.97 Å². The Morgan fingerprint density at radius 2 is 2.05 bits per heavy atom. The number of nitrogens with zero attached hydrogens (tertiary/aromatic N) is 2. The van der Waals surface area contributed by atoms with Gasteiger partial charge in [0.25, 0.3) is 0 Å². The van der Waals surface area contributed by atoms with Crippen molar-refractivity contribution in [1.82, 2.24) is 9.97 Å². The number of nitrogens with two attached hydrogens (primary N) is 1. The topological polar surface area (TPSA) is 78.1 Å². The van der Waals surface area contributed by atoms with Gasteiger partial charge in [-0.2, -0.15) is 0 Å². The number of anilines is 1. The molecular formula is C15H17N3O2. The summed E-state index contributed by atoms with van der Waals surface area (Å²) in [5.41, 5.74) is 8.06. The third kappa shape index (κ3) is 3.54. The van der Waals surface area contributed by atoms with Gasteiger partial charge in [-0.1, -0.05) is 30.3 Å². The zero-order chi connectivity index (χ0) is 14.4. The van der Waals surface area contributed by atoms with E-state index < -0.39 is 0 Å². The van der Waals surface area contributed by atoms with Gasteiger partial charge in [-0.25, -0.2) is 9.97 Å². The second kappa shape index (κ2) is 6.65. The van der Waals surface area contributed by atoms with Crippen LogP contribution in [-0.2, 0) is 16.0 Å². The molecule has 2 rings (SSSR count). The molecule has 1 aromatic carbocycles. The Balaban J connectivity index is 2.15. The third-order valence-corrected chi connectivity index (χ3v) is 2.77. The molecule has 20 heavy (non-hydrogen) atoms. The molecule has 0 bridgehead atoms. The summed E-state index contributed by atoms with van der Waals surface area (Å²) in [6.07, 6.45) is 2.29. The first-order valence-electron chi connectivity index (χ1n) is 6.53. The van der Waals surface area contributed by atoms with E-state index in [0.29, 0.717) is 30.2 Å². The summed E-state index contributed by atoms with van der Waals surface area (Å²) in [4.78, 5) is 19.9. The minimum Gasteiger partial charge on any atom is -0.466 e. The van der Waals surface area contributed by atoms with Crippen LogP contribution < -0.4 is 5.73 Å². The molecule has 1 aromatic heterocycles. The quantitative estimate of drug-likeness (QED) is 0.844. The molecule has 5 nitrogen and oxygen atoms in total. The normalized spacial score (nSPS) is 10.2. The van der Waals surface area contributed by atoms with Crippen molar-refractivity contribution in [2.75, 3.05) is 12.3 Å². The second-order valence-corrected chi connectivity index (χ2v) is 4.26. The highest BCUT2D eigenvalue weighted by molar-refractivity contribution is 5.72. The van der Waals surface area contributed by atoms with Crippen molar-refractivity contribution >= 4 is 11.7 Å². The molecule has 104 valence electrons. The van der Waals surface area contributed by atoms with Gasteiger partial charge in [-0.3, -0.25) is 4.79 Å². The number of carbonyl (C=O) groups is 1. The molecule has 2 aromatic rings. The fourth-order valence-electron chi connectivity index (χ4n) is 1.82. The van der Waals surface area contributed by atoms with Crippen molar-refractivity contribution in [3.63, 3.8) is 0 Å². The minimum atomic E-state index is -0.241. The summed E-state index contributed by atoms with van der Waals surface area (Å²) in [7, 11) is 0. The first-order valence-corrected chi connectivity index (χ1v) is 6.53. The zero-order valence-electron chi connectivity index (χ0n) is 11.4. The van der Waals surface area contributed by atoms with Gasteiger partial charge in [0.2, 0.25) is 0 Å². The van der Waals surface area contributed by atoms with Crippen molar-refractivity contribution in [3.8, 4) is 11.3 Å². The van der Waals surface area contributed by atoms with E-state index in [1.165, 1.54) is 0 Å². The van der Waals surface area contributed by atoms with Crippen LogP contribution in [-0.4, -0.2) is 22.5 Å². The summed E-state index contributed by atoms with van der Waals surface area (Å²) in [5.74, 6) is 0.347. The molecule has 0 unspecified atom stereocenters. The smallest absolute Gasteiger partial charge is 0.306 e. The van der Waals surface area contributed by atoms with Crippen LogP contribution in [0.25, 0.3) is 11.3 Å². The number of rotatable bonds is 5. The van der Waals surface area contributed by atoms with E-state index in [1.807, 2.05) is 30.3 Å². The number of benzene rings is 1.